The molecule has 15 heavy (non-hydrogen) atoms. The summed E-state index contributed by atoms with van der Waals surface area (Å²) in [5.74, 6) is -4.36. The topological polar surface area (TPSA) is 63.3 Å². The van der Waals surface area contributed by atoms with E-state index in [1.807, 2.05) is 0 Å². The Balaban J connectivity index is 3.20. The second-order valence-electron chi connectivity index (χ2n) is 2.93. The highest BCUT2D eigenvalue weighted by Gasteiger charge is 2.21. The van der Waals surface area contributed by atoms with Crippen molar-refractivity contribution in [2.24, 2.45) is 5.73 Å². The van der Waals surface area contributed by atoms with Crippen molar-refractivity contribution in [2.75, 3.05) is 6.54 Å². The molecule has 3 N–H and O–H groups in total. The van der Waals surface area contributed by atoms with E-state index in [4.69, 9.17) is 22.4 Å². The van der Waals surface area contributed by atoms with Crippen LogP contribution in [0.5, 0.6) is 0 Å². The number of carbonyl (C=O) groups is 1. The minimum absolute atomic E-state index is 0.0376. The maximum Gasteiger partial charge on any atom is 0.312 e. The Labute approximate surface area is 89.5 Å². The molecule has 0 aliphatic heterocycles. The highest BCUT2D eigenvalue weighted by atomic mass is 35.5. The first-order chi connectivity index (χ1) is 6.97. The largest absolute Gasteiger partial charge is 0.481 e. The molecule has 1 atom stereocenters. The van der Waals surface area contributed by atoms with E-state index in [1.165, 1.54) is 0 Å². The van der Waals surface area contributed by atoms with Gasteiger partial charge in [0.25, 0.3) is 0 Å². The average molecular weight is 236 g/mol. The number of hydrogen-bond donors (Lipinski definition) is 2. The summed E-state index contributed by atoms with van der Waals surface area (Å²) in [4.78, 5) is 10.7. The first-order valence-corrected chi connectivity index (χ1v) is 4.42. The maximum atomic E-state index is 13.0. The van der Waals surface area contributed by atoms with Crippen LogP contribution in [0.1, 0.15) is 11.5 Å². The van der Waals surface area contributed by atoms with E-state index in [-0.39, 0.29) is 12.1 Å². The predicted octanol–water partition coefficient (Wildman–Crippen LogP) is 1.75. The van der Waals surface area contributed by atoms with Crippen LogP contribution in [0.4, 0.5) is 8.78 Å². The molecule has 0 fully saturated rings. The smallest absolute Gasteiger partial charge is 0.312 e. The van der Waals surface area contributed by atoms with Crippen LogP contribution in [0.15, 0.2) is 12.1 Å². The zero-order chi connectivity index (χ0) is 11.6. The first kappa shape index (κ1) is 11.9. The number of halogens is 3. The van der Waals surface area contributed by atoms with Crippen molar-refractivity contribution in [3.8, 4) is 0 Å². The van der Waals surface area contributed by atoms with Crippen LogP contribution < -0.4 is 5.73 Å². The molecule has 3 nitrogen and oxygen atoms in total. The van der Waals surface area contributed by atoms with Gasteiger partial charge >= 0.3 is 5.97 Å². The van der Waals surface area contributed by atoms with E-state index in [0.717, 1.165) is 12.1 Å². The second-order valence-corrected chi connectivity index (χ2v) is 3.30. The molecule has 0 amide bonds. The Bertz CT molecular complexity index is 375. The van der Waals surface area contributed by atoms with Gasteiger partial charge in [-0.1, -0.05) is 11.6 Å². The third kappa shape index (κ3) is 2.43. The van der Waals surface area contributed by atoms with E-state index in [9.17, 15) is 13.6 Å². The lowest BCUT2D eigenvalue weighted by molar-refractivity contribution is -0.138. The van der Waals surface area contributed by atoms with Crippen molar-refractivity contribution in [3.63, 3.8) is 0 Å². The molecule has 0 spiro atoms. The summed E-state index contributed by atoms with van der Waals surface area (Å²) < 4.78 is 26.0. The van der Waals surface area contributed by atoms with E-state index < -0.39 is 28.5 Å². The molecule has 0 heterocycles. The van der Waals surface area contributed by atoms with Crippen molar-refractivity contribution in [1.29, 1.82) is 0 Å². The lowest BCUT2D eigenvalue weighted by Crippen LogP contribution is -2.21. The van der Waals surface area contributed by atoms with Crippen LogP contribution in [0.2, 0.25) is 5.02 Å². The van der Waals surface area contributed by atoms with Gasteiger partial charge in [-0.2, -0.15) is 0 Å². The Morgan fingerprint density at radius 2 is 1.93 bits per heavy atom. The zero-order valence-electron chi connectivity index (χ0n) is 7.51. The van der Waals surface area contributed by atoms with E-state index in [2.05, 4.69) is 0 Å². The molecule has 1 unspecified atom stereocenters. The van der Waals surface area contributed by atoms with Crippen LogP contribution in [0, 0.1) is 11.6 Å². The van der Waals surface area contributed by atoms with Crippen molar-refractivity contribution in [2.45, 2.75) is 5.92 Å². The minimum atomic E-state index is -1.24. The molecule has 1 rings (SSSR count). The normalized spacial score (nSPS) is 12.5. The van der Waals surface area contributed by atoms with Gasteiger partial charge in [-0.3, -0.25) is 4.79 Å². The third-order valence-electron chi connectivity index (χ3n) is 1.94. The summed E-state index contributed by atoms with van der Waals surface area (Å²) in [7, 11) is 0. The lowest BCUT2D eigenvalue weighted by atomic mass is 9.99. The number of rotatable bonds is 3. The minimum Gasteiger partial charge on any atom is -0.481 e. The number of carboxylic acid groups (broad SMARTS) is 1. The van der Waals surface area contributed by atoms with Crippen LogP contribution in [0.3, 0.4) is 0 Å². The Morgan fingerprint density at radius 1 is 1.47 bits per heavy atom. The SMILES string of the molecule is NCC(C(=O)O)c1cc(F)c(Cl)c(F)c1. The van der Waals surface area contributed by atoms with Gasteiger partial charge < -0.3 is 10.8 Å². The molecule has 0 radical (unpaired) electrons. The van der Waals surface area contributed by atoms with Crippen molar-refractivity contribution in [1.82, 2.24) is 0 Å². The summed E-state index contributed by atoms with van der Waals surface area (Å²) >= 11 is 5.25. The van der Waals surface area contributed by atoms with Crippen molar-refractivity contribution in [3.05, 3.63) is 34.4 Å². The van der Waals surface area contributed by atoms with Gasteiger partial charge in [0.05, 0.1) is 5.92 Å². The van der Waals surface area contributed by atoms with Gasteiger partial charge in [0, 0.05) is 6.54 Å². The molecule has 6 heteroatoms. The monoisotopic (exact) mass is 235 g/mol. The molecule has 0 aliphatic rings. The second kappa shape index (κ2) is 4.55. The number of nitrogens with two attached hydrogens (primary N) is 1. The molecule has 0 saturated carbocycles. The lowest BCUT2D eigenvalue weighted by Gasteiger charge is -2.10. The average Bonchev–Trinajstić information content (AvgIpc) is 2.14. The fourth-order valence-electron chi connectivity index (χ4n) is 1.16. The van der Waals surface area contributed by atoms with Crippen LogP contribution in [-0.4, -0.2) is 17.6 Å². The van der Waals surface area contributed by atoms with Crippen LogP contribution >= 0.6 is 11.6 Å². The fraction of sp³-hybridized carbons (Fsp3) is 0.222. The molecule has 1 aromatic carbocycles. The fourth-order valence-corrected chi connectivity index (χ4v) is 1.26. The summed E-state index contributed by atoms with van der Waals surface area (Å²) in [5, 5.41) is 8.07. The molecule has 82 valence electrons. The maximum absolute atomic E-state index is 13.0. The first-order valence-electron chi connectivity index (χ1n) is 4.04. The summed E-state index contributed by atoms with van der Waals surface area (Å²) in [6, 6.07) is 1.74. The van der Waals surface area contributed by atoms with Crippen LogP contribution in [-0.2, 0) is 4.79 Å². The third-order valence-corrected chi connectivity index (χ3v) is 2.30. The van der Waals surface area contributed by atoms with Gasteiger partial charge in [-0.15, -0.1) is 0 Å². The van der Waals surface area contributed by atoms with E-state index in [0.29, 0.717) is 0 Å². The molecule has 0 aliphatic carbocycles. The standard InChI is InChI=1S/C9H8ClF2NO2/c10-8-6(11)1-4(2-7(8)12)5(3-13)9(14)15/h1-2,5H,3,13H2,(H,14,15). The zero-order valence-corrected chi connectivity index (χ0v) is 8.26. The van der Waals surface area contributed by atoms with Crippen molar-refractivity contribution < 1.29 is 18.7 Å². The predicted molar refractivity (Wildman–Crippen MR) is 50.8 cm³/mol. The number of carboxylic acids is 1. The van der Waals surface area contributed by atoms with Gasteiger partial charge in [-0.05, 0) is 17.7 Å². The number of aliphatic carboxylic acids is 1. The van der Waals surface area contributed by atoms with E-state index in [1.54, 1.807) is 0 Å². The van der Waals surface area contributed by atoms with Gasteiger partial charge in [0.1, 0.15) is 16.7 Å². The molecule has 0 aromatic heterocycles. The Hall–Kier alpha value is -1.20. The van der Waals surface area contributed by atoms with E-state index >= 15 is 0 Å². The summed E-state index contributed by atoms with van der Waals surface area (Å²) in [6.45, 7) is -0.240. The van der Waals surface area contributed by atoms with Crippen molar-refractivity contribution >= 4 is 17.6 Å². The highest BCUT2D eigenvalue weighted by molar-refractivity contribution is 6.30. The van der Waals surface area contributed by atoms with Gasteiger partial charge in [0.15, 0.2) is 0 Å². The quantitative estimate of drug-likeness (QED) is 0.785. The number of benzene rings is 1. The van der Waals surface area contributed by atoms with Gasteiger partial charge in [-0.25, -0.2) is 8.78 Å². The molecule has 0 bridgehead atoms. The highest BCUT2D eigenvalue weighted by Crippen LogP contribution is 2.24. The molecular weight excluding hydrogens is 228 g/mol. The van der Waals surface area contributed by atoms with Gasteiger partial charge in [0.2, 0.25) is 0 Å². The molecule has 0 saturated heterocycles. The number of hydrogen-bond acceptors (Lipinski definition) is 2. The molecule has 1 aromatic rings. The molecular formula is C9H8ClF2NO2. The Morgan fingerprint density at radius 3 is 2.27 bits per heavy atom. The van der Waals surface area contributed by atoms with Crippen LogP contribution in [0.25, 0.3) is 0 Å². The summed E-state index contributed by atoms with van der Waals surface area (Å²) in [5.41, 5.74) is 5.15. The Kier molecular flexibility index (Phi) is 3.60. The summed E-state index contributed by atoms with van der Waals surface area (Å²) in [6.07, 6.45) is 0.